The van der Waals surface area contributed by atoms with E-state index in [0.29, 0.717) is 25.6 Å². The molecule has 0 unspecified atom stereocenters. The number of esters is 1. The fourth-order valence-electron chi connectivity index (χ4n) is 4.02. The summed E-state index contributed by atoms with van der Waals surface area (Å²) in [7, 11) is 0. The number of nitrogens with zero attached hydrogens (tertiary/aromatic N) is 3. The molecule has 2 aliphatic rings. The lowest BCUT2D eigenvalue weighted by Gasteiger charge is -2.31. The number of piperidine rings is 1. The number of benzene rings is 1. The molecule has 148 valence electrons. The first-order valence-electron chi connectivity index (χ1n) is 10.2. The molecule has 0 N–H and O–H groups in total. The number of amides is 1. The SMILES string of the molecule is CCOC(=O)[C@@H]1CCCN(C(=O)c2c(C3CC3)nn(-c3ccccc3)c2C)C1. The van der Waals surface area contributed by atoms with E-state index in [-0.39, 0.29) is 17.8 Å². The van der Waals surface area contributed by atoms with Gasteiger partial charge in [0, 0.05) is 19.0 Å². The van der Waals surface area contributed by atoms with Crippen molar-refractivity contribution in [1.29, 1.82) is 0 Å². The zero-order valence-electron chi connectivity index (χ0n) is 16.6. The number of hydrogen-bond donors (Lipinski definition) is 0. The normalized spacial score (nSPS) is 19.5. The van der Waals surface area contributed by atoms with Crippen molar-refractivity contribution in [3.05, 3.63) is 47.3 Å². The van der Waals surface area contributed by atoms with E-state index in [4.69, 9.17) is 9.84 Å². The van der Waals surface area contributed by atoms with Crippen LogP contribution in [0.3, 0.4) is 0 Å². The van der Waals surface area contributed by atoms with Crippen LogP contribution in [0, 0.1) is 12.8 Å². The average molecular weight is 381 g/mol. The number of hydrogen-bond acceptors (Lipinski definition) is 4. The monoisotopic (exact) mass is 381 g/mol. The summed E-state index contributed by atoms with van der Waals surface area (Å²) in [5.74, 6) is -0.0607. The molecule has 0 bridgehead atoms. The first-order valence-corrected chi connectivity index (χ1v) is 10.2. The molecule has 1 aromatic carbocycles. The van der Waals surface area contributed by atoms with Crippen LogP contribution < -0.4 is 0 Å². The maximum Gasteiger partial charge on any atom is 0.310 e. The van der Waals surface area contributed by atoms with Crippen molar-refractivity contribution < 1.29 is 14.3 Å². The van der Waals surface area contributed by atoms with Gasteiger partial charge in [-0.2, -0.15) is 5.10 Å². The van der Waals surface area contributed by atoms with Gasteiger partial charge in [0.25, 0.3) is 5.91 Å². The molecule has 6 heteroatoms. The van der Waals surface area contributed by atoms with E-state index < -0.39 is 0 Å². The first-order chi connectivity index (χ1) is 13.6. The largest absolute Gasteiger partial charge is 0.466 e. The Kier molecular flexibility index (Phi) is 5.20. The summed E-state index contributed by atoms with van der Waals surface area (Å²) in [6.07, 6.45) is 3.76. The van der Waals surface area contributed by atoms with Crippen molar-refractivity contribution in [2.75, 3.05) is 19.7 Å². The van der Waals surface area contributed by atoms with Crippen molar-refractivity contribution in [2.24, 2.45) is 5.92 Å². The van der Waals surface area contributed by atoms with E-state index in [1.165, 1.54) is 0 Å². The zero-order chi connectivity index (χ0) is 19.7. The highest BCUT2D eigenvalue weighted by molar-refractivity contribution is 5.97. The minimum Gasteiger partial charge on any atom is -0.466 e. The van der Waals surface area contributed by atoms with Crippen LogP contribution in [0.5, 0.6) is 0 Å². The molecule has 4 rings (SSSR count). The van der Waals surface area contributed by atoms with E-state index in [1.807, 2.05) is 53.8 Å². The second-order valence-electron chi connectivity index (χ2n) is 7.71. The Hall–Kier alpha value is -2.63. The molecule has 2 fully saturated rings. The van der Waals surface area contributed by atoms with Crippen LogP contribution in [-0.2, 0) is 9.53 Å². The van der Waals surface area contributed by atoms with Crippen LogP contribution in [0.25, 0.3) is 5.69 Å². The highest BCUT2D eigenvalue weighted by Gasteiger charge is 2.37. The Bertz CT molecular complexity index is 871. The molecule has 1 saturated carbocycles. The van der Waals surface area contributed by atoms with Crippen LogP contribution in [-0.4, -0.2) is 46.3 Å². The van der Waals surface area contributed by atoms with Crippen molar-refractivity contribution in [3.63, 3.8) is 0 Å². The van der Waals surface area contributed by atoms with Crippen molar-refractivity contribution in [1.82, 2.24) is 14.7 Å². The smallest absolute Gasteiger partial charge is 0.310 e. The number of likely N-dealkylation sites (tertiary alicyclic amines) is 1. The number of rotatable bonds is 5. The van der Waals surface area contributed by atoms with Gasteiger partial charge < -0.3 is 9.64 Å². The standard InChI is InChI=1S/C22H27N3O3/c1-3-28-22(27)17-8-7-13-24(14-17)21(26)19-15(2)25(18-9-5-4-6-10-18)23-20(19)16-11-12-16/h4-6,9-10,16-17H,3,7-8,11-14H2,1-2H3/t17-/m1/s1. The predicted octanol–water partition coefficient (Wildman–Crippen LogP) is 3.47. The zero-order valence-corrected chi connectivity index (χ0v) is 16.6. The molecule has 1 aromatic heterocycles. The molecule has 28 heavy (non-hydrogen) atoms. The second kappa shape index (κ2) is 7.78. The summed E-state index contributed by atoms with van der Waals surface area (Å²) < 4.78 is 7.06. The predicted molar refractivity (Wildman–Crippen MR) is 106 cm³/mol. The number of carbonyl (C=O) groups is 2. The van der Waals surface area contributed by atoms with E-state index in [1.54, 1.807) is 0 Å². The number of ether oxygens (including phenoxy) is 1. The van der Waals surface area contributed by atoms with Crippen LogP contribution >= 0.6 is 0 Å². The van der Waals surface area contributed by atoms with Crippen LogP contribution in [0.1, 0.15) is 60.3 Å². The fourth-order valence-corrected chi connectivity index (χ4v) is 4.02. The molecule has 1 aliphatic carbocycles. The van der Waals surface area contributed by atoms with Gasteiger partial charge >= 0.3 is 5.97 Å². The van der Waals surface area contributed by atoms with Crippen LogP contribution in [0.4, 0.5) is 0 Å². The van der Waals surface area contributed by atoms with E-state index in [2.05, 4.69) is 0 Å². The van der Waals surface area contributed by atoms with Gasteiger partial charge in [0.05, 0.1) is 35.2 Å². The van der Waals surface area contributed by atoms with Crippen LogP contribution in [0.15, 0.2) is 30.3 Å². The Morgan fingerprint density at radius 1 is 1.18 bits per heavy atom. The molecule has 1 saturated heterocycles. The summed E-state index contributed by atoms with van der Waals surface area (Å²) in [5.41, 5.74) is 3.46. The van der Waals surface area contributed by atoms with Gasteiger partial charge in [0.1, 0.15) is 0 Å². The average Bonchev–Trinajstić information content (AvgIpc) is 3.51. The molecule has 0 spiro atoms. The molecule has 0 radical (unpaired) electrons. The number of carbonyl (C=O) groups excluding carboxylic acids is 2. The summed E-state index contributed by atoms with van der Waals surface area (Å²) in [6, 6.07) is 9.93. The van der Waals surface area contributed by atoms with Gasteiger partial charge in [-0.1, -0.05) is 18.2 Å². The maximum absolute atomic E-state index is 13.5. The quantitative estimate of drug-likeness (QED) is 0.744. The third kappa shape index (κ3) is 3.55. The van der Waals surface area contributed by atoms with E-state index in [0.717, 1.165) is 48.3 Å². The van der Waals surface area contributed by atoms with Gasteiger partial charge in [-0.15, -0.1) is 0 Å². The lowest BCUT2D eigenvalue weighted by Crippen LogP contribution is -2.43. The van der Waals surface area contributed by atoms with Gasteiger partial charge in [0.2, 0.25) is 0 Å². The Morgan fingerprint density at radius 2 is 1.93 bits per heavy atom. The van der Waals surface area contributed by atoms with E-state index >= 15 is 0 Å². The molecular formula is C22H27N3O3. The van der Waals surface area contributed by atoms with Crippen molar-refractivity contribution in [2.45, 2.75) is 45.4 Å². The summed E-state index contributed by atoms with van der Waals surface area (Å²) in [4.78, 5) is 27.4. The first kappa shape index (κ1) is 18.7. The molecule has 6 nitrogen and oxygen atoms in total. The Labute approximate surface area is 165 Å². The van der Waals surface area contributed by atoms with Gasteiger partial charge in [-0.25, -0.2) is 4.68 Å². The third-order valence-corrected chi connectivity index (χ3v) is 5.65. The minimum absolute atomic E-state index is 0.00409. The molecule has 2 heterocycles. The summed E-state index contributed by atoms with van der Waals surface area (Å²) in [6.45, 7) is 5.25. The number of para-hydroxylation sites is 1. The summed E-state index contributed by atoms with van der Waals surface area (Å²) >= 11 is 0. The third-order valence-electron chi connectivity index (χ3n) is 5.65. The summed E-state index contributed by atoms with van der Waals surface area (Å²) in [5, 5.41) is 4.82. The van der Waals surface area contributed by atoms with Crippen LogP contribution in [0.2, 0.25) is 0 Å². The molecular weight excluding hydrogens is 354 g/mol. The molecule has 2 aromatic rings. The lowest BCUT2D eigenvalue weighted by molar-refractivity contribution is -0.149. The second-order valence-corrected chi connectivity index (χ2v) is 7.71. The molecule has 1 amide bonds. The van der Waals surface area contributed by atoms with Gasteiger partial charge in [-0.05, 0) is 51.7 Å². The Morgan fingerprint density at radius 3 is 2.61 bits per heavy atom. The maximum atomic E-state index is 13.5. The van der Waals surface area contributed by atoms with Crippen molar-refractivity contribution in [3.8, 4) is 5.69 Å². The van der Waals surface area contributed by atoms with E-state index in [9.17, 15) is 9.59 Å². The fraction of sp³-hybridized carbons (Fsp3) is 0.500. The lowest BCUT2D eigenvalue weighted by atomic mass is 9.97. The molecule has 1 atom stereocenters. The minimum atomic E-state index is -0.230. The molecule has 1 aliphatic heterocycles. The highest BCUT2D eigenvalue weighted by Crippen LogP contribution is 2.42. The highest BCUT2D eigenvalue weighted by atomic mass is 16.5. The van der Waals surface area contributed by atoms with Crippen molar-refractivity contribution >= 4 is 11.9 Å². The number of aromatic nitrogens is 2. The van der Waals surface area contributed by atoms with Gasteiger partial charge in [0.15, 0.2) is 0 Å². The topological polar surface area (TPSA) is 64.4 Å². The Balaban J connectivity index is 1.64. The van der Waals surface area contributed by atoms with Gasteiger partial charge in [-0.3, -0.25) is 9.59 Å².